The van der Waals surface area contributed by atoms with Crippen molar-refractivity contribution in [2.45, 2.75) is 90.3 Å². The number of aromatic nitrogens is 1. The average molecular weight is 459 g/mol. The summed E-state index contributed by atoms with van der Waals surface area (Å²) < 4.78 is 3.37. The van der Waals surface area contributed by atoms with Crippen molar-refractivity contribution in [2.75, 3.05) is 6.54 Å². The highest BCUT2D eigenvalue weighted by Gasteiger charge is 2.39. The number of rotatable bonds is 9. The monoisotopic (exact) mass is 458 g/mol. The van der Waals surface area contributed by atoms with Gasteiger partial charge in [-0.2, -0.15) is 0 Å². The fourth-order valence-electron chi connectivity index (χ4n) is 5.87. The summed E-state index contributed by atoms with van der Waals surface area (Å²) in [6.07, 6.45) is 14.5. The van der Waals surface area contributed by atoms with Crippen LogP contribution in [-0.2, 0) is 6.54 Å². The number of carbonyl (C=O) groups is 1. The van der Waals surface area contributed by atoms with Crippen LogP contribution < -0.4 is 0 Å². The number of Topliss-reactive ketones (excluding diaryl/α,β-unsaturated/α-hetero) is 1. The number of fused-ring (bicyclic) bond motifs is 3. The molecule has 4 heteroatoms. The molecule has 2 aromatic rings. The largest absolute Gasteiger partial charge is 0.346 e. The Morgan fingerprint density at radius 3 is 2.55 bits per heavy atom. The van der Waals surface area contributed by atoms with Gasteiger partial charge in [-0.05, 0) is 66.9 Å². The molecule has 2 saturated heterocycles. The van der Waals surface area contributed by atoms with Crippen molar-refractivity contribution >= 4 is 32.6 Å². The van der Waals surface area contributed by atoms with Crippen LogP contribution in [0.15, 0.2) is 28.9 Å². The van der Waals surface area contributed by atoms with Gasteiger partial charge in [-0.3, -0.25) is 9.69 Å². The number of ketones is 1. The van der Waals surface area contributed by atoms with Gasteiger partial charge in [0.15, 0.2) is 5.78 Å². The Hall–Kier alpha value is -1.13. The van der Waals surface area contributed by atoms with Crippen molar-refractivity contribution in [2.24, 2.45) is 5.92 Å². The number of carbonyl (C=O) groups excluding carboxylic acids is 1. The lowest BCUT2D eigenvalue weighted by atomic mass is 9.86. The van der Waals surface area contributed by atoms with Crippen molar-refractivity contribution < 1.29 is 4.79 Å². The second-order valence-corrected chi connectivity index (χ2v) is 10.1. The zero-order chi connectivity index (χ0) is 20.4. The minimum Gasteiger partial charge on any atom is -0.346 e. The Labute approximate surface area is 184 Å². The summed E-state index contributed by atoms with van der Waals surface area (Å²) in [5.41, 5.74) is 2.00. The van der Waals surface area contributed by atoms with E-state index in [4.69, 9.17) is 0 Å². The SMILES string of the molecule is CCCCCC1CC2CCC(C1)N2CCCn1cc(C(C)=O)c2cccc(Br)c21. The summed E-state index contributed by atoms with van der Waals surface area (Å²) in [5.74, 6) is 1.12. The maximum atomic E-state index is 12.1. The first-order valence-corrected chi connectivity index (χ1v) is 12.4. The highest BCUT2D eigenvalue weighted by Crippen LogP contribution is 2.40. The normalized spacial score (nSPS) is 24.4. The van der Waals surface area contributed by atoms with Gasteiger partial charge in [0.2, 0.25) is 0 Å². The maximum absolute atomic E-state index is 12.1. The molecule has 0 amide bonds. The molecule has 0 spiro atoms. The molecule has 29 heavy (non-hydrogen) atoms. The number of benzene rings is 1. The van der Waals surface area contributed by atoms with Gasteiger partial charge in [0, 0.05) is 46.8 Å². The minimum absolute atomic E-state index is 0.148. The number of piperidine rings is 1. The molecule has 0 N–H and O–H groups in total. The van der Waals surface area contributed by atoms with Crippen molar-refractivity contribution in [3.63, 3.8) is 0 Å². The van der Waals surface area contributed by atoms with E-state index in [0.29, 0.717) is 0 Å². The summed E-state index contributed by atoms with van der Waals surface area (Å²) in [6, 6.07) is 7.80. The van der Waals surface area contributed by atoms with Gasteiger partial charge in [0.1, 0.15) is 0 Å². The summed E-state index contributed by atoms with van der Waals surface area (Å²) >= 11 is 3.70. The molecule has 1 aromatic carbocycles. The third kappa shape index (κ3) is 4.49. The first-order chi connectivity index (χ1) is 14.1. The highest BCUT2D eigenvalue weighted by atomic mass is 79.9. The highest BCUT2D eigenvalue weighted by molar-refractivity contribution is 9.10. The van der Waals surface area contributed by atoms with Crippen molar-refractivity contribution in [3.8, 4) is 0 Å². The Morgan fingerprint density at radius 2 is 1.86 bits per heavy atom. The predicted octanol–water partition coefficient (Wildman–Crippen LogP) is 6.82. The zero-order valence-corrected chi connectivity index (χ0v) is 19.6. The minimum atomic E-state index is 0.148. The molecular weight excluding hydrogens is 424 g/mol. The van der Waals surface area contributed by atoms with Gasteiger partial charge >= 0.3 is 0 Å². The van der Waals surface area contributed by atoms with Crippen LogP contribution in [0.4, 0.5) is 0 Å². The van der Waals surface area contributed by atoms with Crippen LogP contribution in [0, 0.1) is 5.92 Å². The first-order valence-electron chi connectivity index (χ1n) is 11.6. The summed E-state index contributed by atoms with van der Waals surface area (Å²) in [4.78, 5) is 14.9. The van der Waals surface area contributed by atoms with E-state index in [9.17, 15) is 4.79 Å². The smallest absolute Gasteiger partial charge is 0.161 e. The molecule has 2 aliphatic heterocycles. The third-order valence-corrected chi connectivity index (χ3v) is 7.88. The van der Waals surface area contributed by atoms with E-state index in [1.54, 1.807) is 6.92 Å². The van der Waals surface area contributed by atoms with Crippen LogP contribution >= 0.6 is 15.9 Å². The number of halogens is 1. The van der Waals surface area contributed by atoms with E-state index in [1.165, 1.54) is 57.9 Å². The number of hydrogen-bond acceptors (Lipinski definition) is 2. The number of para-hydroxylation sites is 1. The Bertz CT molecular complexity index is 844. The topological polar surface area (TPSA) is 25.2 Å². The van der Waals surface area contributed by atoms with E-state index < -0.39 is 0 Å². The fourth-order valence-corrected chi connectivity index (χ4v) is 6.46. The van der Waals surface area contributed by atoms with Crippen LogP contribution in [-0.4, -0.2) is 33.9 Å². The maximum Gasteiger partial charge on any atom is 0.161 e. The molecule has 2 fully saturated rings. The number of unbranched alkanes of at least 4 members (excludes halogenated alkanes) is 2. The standard InChI is InChI=1S/C25H35BrN2O/c1-3-4-5-8-19-15-20-11-12-21(16-19)28(20)14-7-13-27-17-23(18(2)29)22-9-6-10-24(26)25(22)27/h6,9-10,17,19-21H,3-5,7-8,11-16H2,1-2H3. The molecule has 0 aliphatic carbocycles. The molecule has 2 bridgehead atoms. The number of nitrogens with zero attached hydrogens (tertiary/aromatic N) is 2. The number of hydrogen-bond donors (Lipinski definition) is 0. The van der Waals surface area contributed by atoms with Gasteiger partial charge in [0.05, 0.1) is 5.52 Å². The lowest BCUT2D eigenvalue weighted by Crippen LogP contribution is -2.43. The van der Waals surface area contributed by atoms with E-state index in [0.717, 1.165) is 51.9 Å². The van der Waals surface area contributed by atoms with E-state index in [1.807, 2.05) is 6.07 Å². The molecule has 0 saturated carbocycles. The molecule has 158 valence electrons. The molecule has 0 radical (unpaired) electrons. The van der Waals surface area contributed by atoms with Crippen LogP contribution in [0.2, 0.25) is 0 Å². The quantitative estimate of drug-likeness (QED) is 0.304. The lowest BCUT2D eigenvalue weighted by molar-refractivity contribution is 0.0966. The zero-order valence-electron chi connectivity index (χ0n) is 18.0. The molecule has 2 aliphatic rings. The van der Waals surface area contributed by atoms with Crippen molar-refractivity contribution in [3.05, 3.63) is 34.4 Å². The summed E-state index contributed by atoms with van der Waals surface area (Å²) in [7, 11) is 0. The Balaban J connectivity index is 1.37. The van der Waals surface area contributed by atoms with Crippen molar-refractivity contribution in [1.82, 2.24) is 9.47 Å². The average Bonchev–Trinajstić information content (AvgIpc) is 3.18. The fraction of sp³-hybridized carbons (Fsp3) is 0.640. The predicted molar refractivity (Wildman–Crippen MR) is 125 cm³/mol. The van der Waals surface area contributed by atoms with Crippen LogP contribution in [0.25, 0.3) is 10.9 Å². The molecule has 2 atom stereocenters. The number of aryl methyl sites for hydroxylation is 1. The van der Waals surface area contributed by atoms with Gasteiger partial charge in [-0.1, -0.05) is 44.7 Å². The molecular formula is C25H35BrN2O. The molecule has 3 nitrogen and oxygen atoms in total. The van der Waals surface area contributed by atoms with Crippen LogP contribution in [0.1, 0.15) is 82.0 Å². The second-order valence-electron chi connectivity index (χ2n) is 9.24. The van der Waals surface area contributed by atoms with E-state index >= 15 is 0 Å². The first kappa shape index (κ1) is 21.1. The lowest BCUT2D eigenvalue weighted by Gasteiger charge is -2.39. The van der Waals surface area contributed by atoms with Crippen LogP contribution in [0.5, 0.6) is 0 Å². The third-order valence-electron chi connectivity index (χ3n) is 7.24. The van der Waals surface area contributed by atoms with Gasteiger partial charge in [-0.15, -0.1) is 0 Å². The van der Waals surface area contributed by atoms with E-state index in [-0.39, 0.29) is 5.78 Å². The molecule has 2 unspecified atom stereocenters. The molecule has 1 aromatic heterocycles. The molecule has 3 heterocycles. The Kier molecular flexibility index (Phi) is 6.80. The Morgan fingerprint density at radius 1 is 1.10 bits per heavy atom. The van der Waals surface area contributed by atoms with Gasteiger partial charge < -0.3 is 4.57 Å². The van der Waals surface area contributed by atoms with Gasteiger partial charge in [-0.25, -0.2) is 0 Å². The summed E-state index contributed by atoms with van der Waals surface area (Å²) in [5, 5.41) is 1.07. The van der Waals surface area contributed by atoms with Gasteiger partial charge in [0.25, 0.3) is 0 Å². The van der Waals surface area contributed by atoms with E-state index in [2.05, 4.69) is 50.7 Å². The van der Waals surface area contributed by atoms with Crippen LogP contribution in [0.3, 0.4) is 0 Å². The van der Waals surface area contributed by atoms with Crippen molar-refractivity contribution in [1.29, 1.82) is 0 Å². The summed E-state index contributed by atoms with van der Waals surface area (Å²) in [6.45, 7) is 6.14. The molecule has 4 rings (SSSR count). The second kappa shape index (κ2) is 9.34.